The second-order valence-corrected chi connectivity index (χ2v) is 8.13. The third kappa shape index (κ3) is 2.33. The van der Waals surface area contributed by atoms with Crippen LogP contribution in [0.5, 0.6) is 0 Å². The Hall–Kier alpha value is -4.37. The van der Waals surface area contributed by atoms with Gasteiger partial charge in [-0.25, -0.2) is 0 Å². The minimum absolute atomic E-state index is 1.16. The van der Waals surface area contributed by atoms with Crippen LogP contribution in [0.2, 0.25) is 0 Å². The van der Waals surface area contributed by atoms with Crippen LogP contribution in [0.1, 0.15) is 0 Å². The molecule has 0 radical (unpaired) electrons. The van der Waals surface area contributed by atoms with Gasteiger partial charge in [-0.1, -0.05) is 54.6 Å². The van der Waals surface area contributed by atoms with Crippen LogP contribution < -0.4 is 0 Å². The SMILES string of the molecule is c1ccc(-n2c3ccncc3c3cc(-n4c5ccccc5c5ccccc54)ccc32)cc1. The molecule has 0 amide bonds. The molecule has 7 aromatic rings. The number of aromatic nitrogens is 3. The van der Waals surface area contributed by atoms with Crippen LogP contribution in [-0.4, -0.2) is 14.1 Å². The molecule has 0 N–H and O–H groups in total. The summed E-state index contributed by atoms with van der Waals surface area (Å²) in [5, 5.41) is 4.92. The third-order valence-corrected chi connectivity index (χ3v) is 6.40. The van der Waals surface area contributed by atoms with Gasteiger partial charge in [-0.2, -0.15) is 0 Å². The van der Waals surface area contributed by atoms with Crippen molar-refractivity contribution in [3.05, 3.63) is 116 Å². The van der Waals surface area contributed by atoms with Crippen molar-refractivity contribution in [2.45, 2.75) is 0 Å². The molecule has 3 aromatic heterocycles. The maximum atomic E-state index is 4.44. The maximum absolute atomic E-state index is 4.44. The Labute approximate surface area is 184 Å². The summed E-state index contributed by atoms with van der Waals surface area (Å²) < 4.78 is 4.69. The molecule has 32 heavy (non-hydrogen) atoms. The van der Waals surface area contributed by atoms with Gasteiger partial charge in [0.15, 0.2) is 0 Å². The molecule has 0 fully saturated rings. The lowest BCUT2D eigenvalue weighted by atomic mass is 10.1. The minimum Gasteiger partial charge on any atom is -0.309 e. The Morgan fingerprint density at radius 3 is 1.78 bits per heavy atom. The summed E-state index contributed by atoms with van der Waals surface area (Å²) in [5.41, 5.74) is 7.11. The summed E-state index contributed by atoms with van der Waals surface area (Å²) in [7, 11) is 0. The molecule has 3 heteroatoms. The van der Waals surface area contributed by atoms with Gasteiger partial charge in [0.05, 0.1) is 22.1 Å². The van der Waals surface area contributed by atoms with E-state index in [0.717, 1.165) is 16.8 Å². The summed E-state index contributed by atoms with van der Waals surface area (Å²) in [5.74, 6) is 0. The summed E-state index contributed by atoms with van der Waals surface area (Å²) >= 11 is 0. The molecule has 0 aliphatic heterocycles. The number of hydrogen-bond donors (Lipinski definition) is 0. The predicted molar refractivity (Wildman–Crippen MR) is 133 cm³/mol. The van der Waals surface area contributed by atoms with E-state index in [4.69, 9.17) is 0 Å². The highest BCUT2D eigenvalue weighted by Crippen LogP contribution is 2.36. The van der Waals surface area contributed by atoms with E-state index in [1.54, 1.807) is 0 Å². The lowest BCUT2D eigenvalue weighted by Crippen LogP contribution is -1.95. The van der Waals surface area contributed by atoms with E-state index >= 15 is 0 Å². The highest BCUT2D eigenvalue weighted by Gasteiger charge is 2.15. The van der Waals surface area contributed by atoms with Gasteiger partial charge >= 0.3 is 0 Å². The summed E-state index contributed by atoms with van der Waals surface area (Å²) in [4.78, 5) is 4.44. The van der Waals surface area contributed by atoms with Gasteiger partial charge in [-0.15, -0.1) is 0 Å². The van der Waals surface area contributed by atoms with Crippen molar-refractivity contribution in [2.24, 2.45) is 0 Å². The average molecular weight is 409 g/mol. The van der Waals surface area contributed by atoms with Crippen molar-refractivity contribution >= 4 is 43.6 Å². The summed E-state index contributed by atoms with van der Waals surface area (Å²) in [6.07, 6.45) is 3.85. The van der Waals surface area contributed by atoms with E-state index < -0.39 is 0 Å². The number of pyridine rings is 1. The van der Waals surface area contributed by atoms with Crippen molar-refractivity contribution in [3.63, 3.8) is 0 Å². The Kier molecular flexibility index (Phi) is 3.55. The molecular weight excluding hydrogens is 390 g/mol. The first kappa shape index (κ1) is 17.3. The molecular formula is C29H19N3. The van der Waals surface area contributed by atoms with E-state index in [0.29, 0.717) is 0 Å². The molecule has 0 spiro atoms. The number of para-hydroxylation sites is 3. The number of hydrogen-bond acceptors (Lipinski definition) is 1. The summed E-state index contributed by atoms with van der Waals surface area (Å²) in [6.45, 7) is 0. The Morgan fingerprint density at radius 2 is 1.03 bits per heavy atom. The first-order valence-electron chi connectivity index (χ1n) is 10.8. The van der Waals surface area contributed by atoms with Gasteiger partial charge in [0.25, 0.3) is 0 Å². The molecule has 0 atom stereocenters. The average Bonchev–Trinajstić information content (AvgIpc) is 3.37. The Morgan fingerprint density at radius 1 is 0.438 bits per heavy atom. The Bertz CT molecular complexity index is 1720. The highest BCUT2D eigenvalue weighted by atomic mass is 15.0. The van der Waals surface area contributed by atoms with E-state index in [2.05, 4.69) is 117 Å². The van der Waals surface area contributed by atoms with Crippen LogP contribution in [0, 0.1) is 0 Å². The van der Waals surface area contributed by atoms with E-state index in [-0.39, 0.29) is 0 Å². The molecule has 0 saturated carbocycles. The molecule has 150 valence electrons. The fourth-order valence-electron chi connectivity index (χ4n) is 5.05. The number of benzene rings is 4. The molecule has 3 nitrogen and oxygen atoms in total. The van der Waals surface area contributed by atoms with Gasteiger partial charge in [0, 0.05) is 45.3 Å². The van der Waals surface area contributed by atoms with E-state index in [9.17, 15) is 0 Å². The van der Waals surface area contributed by atoms with Crippen LogP contribution in [0.3, 0.4) is 0 Å². The topological polar surface area (TPSA) is 22.8 Å². The van der Waals surface area contributed by atoms with Gasteiger partial charge < -0.3 is 9.13 Å². The molecule has 0 aliphatic carbocycles. The van der Waals surface area contributed by atoms with Gasteiger partial charge in [-0.05, 0) is 48.5 Å². The van der Waals surface area contributed by atoms with Crippen molar-refractivity contribution in [1.82, 2.24) is 14.1 Å². The monoisotopic (exact) mass is 409 g/mol. The van der Waals surface area contributed by atoms with Crippen LogP contribution >= 0.6 is 0 Å². The normalized spacial score (nSPS) is 11.8. The third-order valence-electron chi connectivity index (χ3n) is 6.40. The number of fused-ring (bicyclic) bond motifs is 6. The number of nitrogens with zero attached hydrogens (tertiary/aromatic N) is 3. The van der Waals surface area contributed by atoms with Crippen LogP contribution in [0.25, 0.3) is 55.0 Å². The van der Waals surface area contributed by atoms with Crippen molar-refractivity contribution in [3.8, 4) is 11.4 Å². The largest absolute Gasteiger partial charge is 0.309 e. The predicted octanol–water partition coefficient (Wildman–Crippen LogP) is 7.28. The highest BCUT2D eigenvalue weighted by molar-refractivity contribution is 6.12. The molecule has 0 bridgehead atoms. The first-order valence-corrected chi connectivity index (χ1v) is 10.8. The lowest BCUT2D eigenvalue weighted by Gasteiger charge is -2.10. The van der Waals surface area contributed by atoms with Gasteiger partial charge in [0.1, 0.15) is 0 Å². The quantitative estimate of drug-likeness (QED) is 0.294. The van der Waals surface area contributed by atoms with Crippen LogP contribution in [-0.2, 0) is 0 Å². The molecule has 7 rings (SSSR count). The molecule has 4 aromatic carbocycles. The standard InChI is InChI=1S/C29H19N3/c1-2-8-20(9-3-1)31-28-15-14-21(18-24(28)25-19-30-17-16-29(25)31)32-26-12-6-4-10-22(26)23-11-5-7-13-27(23)32/h1-19H. The van der Waals surface area contributed by atoms with E-state index in [1.165, 1.54) is 38.2 Å². The lowest BCUT2D eigenvalue weighted by molar-refractivity contribution is 1.16. The summed E-state index contributed by atoms with van der Waals surface area (Å²) in [6, 6.07) is 36.7. The van der Waals surface area contributed by atoms with Crippen molar-refractivity contribution in [2.75, 3.05) is 0 Å². The molecule has 0 aliphatic rings. The molecule has 3 heterocycles. The number of rotatable bonds is 2. The van der Waals surface area contributed by atoms with Crippen molar-refractivity contribution in [1.29, 1.82) is 0 Å². The zero-order chi connectivity index (χ0) is 21.1. The van der Waals surface area contributed by atoms with Gasteiger partial charge in [-0.3, -0.25) is 4.98 Å². The fourth-order valence-corrected chi connectivity index (χ4v) is 5.05. The second-order valence-electron chi connectivity index (χ2n) is 8.13. The minimum atomic E-state index is 1.16. The van der Waals surface area contributed by atoms with Crippen LogP contribution in [0.4, 0.5) is 0 Å². The second kappa shape index (κ2) is 6.56. The van der Waals surface area contributed by atoms with Crippen LogP contribution in [0.15, 0.2) is 116 Å². The van der Waals surface area contributed by atoms with Gasteiger partial charge in [0.2, 0.25) is 0 Å². The molecule has 0 saturated heterocycles. The fraction of sp³-hybridized carbons (Fsp3) is 0. The van der Waals surface area contributed by atoms with E-state index in [1.807, 2.05) is 12.4 Å². The maximum Gasteiger partial charge on any atom is 0.0571 e. The zero-order valence-corrected chi connectivity index (χ0v) is 17.3. The Balaban J connectivity index is 1.59. The zero-order valence-electron chi connectivity index (χ0n) is 17.3. The first-order chi connectivity index (χ1) is 15.9. The van der Waals surface area contributed by atoms with Crippen molar-refractivity contribution < 1.29 is 0 Å². The molecule has 0 unspecified atom stereocenters. The smallest absolute Gasteiger partial charge is 0.0571 e.